The number of rotatable bonds is 4. The molecule has 1 N–H and O–H groups in total. The van der Waals surface area contributed by atoms with Crippen LogP contribution in [0.5, 0.6) is 0 Å². The third-order valence-corrected chi connectivity index (χ3v) is 5.98. The second-order valence-corrected chi connectivity index (χ2v) is 7.90. The summed E-state index contributed by atoms with van der Waals surface area (Å²) in [6.07, 6.45) is 0.267. The van der Waals surface area contributed by atoms with Gasteiger partial charge in [0.25, 0.3) is 0 Å². The van der Waals surface area contributed by atoms with Crippen molar-refractivity contribution in [3.8, 4) is 0 Å². The molecule has 5 nitrogen and oxygen atoms in total. The molecule has 0 saturated carbocycles. The Bertz CT molecular complexity index is 679. The lowest BCUT2D eigenvalue weighted by molar-refractivity contribution is -0.125. The van der Waals surface area contributed by atoms with Crippen molar-refractivity contribution >= 4 is 27.5 Å². The summed E-state index contributed by atoms with van der Waals surface area (Å²) in [5, 5.41) is 2.89. The van der Waals surface area contributed by atoms with Crippen LogP contribution in [0.2, 0.25) is 5.02 Å². The predicted molar refractivity (Wildman–Crippen MR) is 82.4 cm³/mol. The molecular weight excluding hydrogens is 331 g/mol. The highest BCUT2D eigenvalue weighted by molar-refractivity contribution is 7.89. The lowest BCUT2D eigenvalue weighted by Crippen LogP contribution is -2.47. The quantitative estimate of drug-likeness (QED) is 0.903. The van der Waals surface area contributed by atoms with Crippen molar-refractivity contribution in [2.75, 3.05) is 5.75 Å². The first-order chi connectivity index (χ1) is 10.2. The number of hydrogen-bond acceptors (Lipinski definition) is 3. The fourth-order valence-corrected chi connectivity index (χ4v) is 4.78. The summed E-state index contributed by atoms with van der Waals surface area (Å²) >= 11 is 5.90. The van der Waals surface area contributed by atoms with Crippen LogP contribution in [0.4, 0.5) is 4.39 Å². The van der Waals surface area contributed by atoms with E-state index in [0.29, 0.717) is 5.56 Å². The van der Waals surface area contributed by atoms with Gasteiger partial charge in [-0.05, 0) is 38.0 Å². The predicted octanol–water partition coefficient (Wildman–Crippen LogP) is 1.91. The van der Waals surface area contributed by atoms with Gasteiger partial charge in [-0.2, -0.15) is 4.31 Å². The molecule has 1 aromatic carbocycles. The molecule has 1 aliphatic rings. The first-order valence-corrected chi connectivity index (χ1v) is 8.94. The van der Waals surface area contributed by atoms with E-state index in [2.05, 4.69) is 5.32 Å². The van der Waals surface area contributed by atoms with Crippen LogP contribution in [0.1, 0.15) is 25.8 Å². The molecule has 0 aromatic heterocycles. The monoisotopic (exact) mass is 348 g/mol. The Balaban J connectivity index is 2.06. The highest BCUT2D eigenvalue weighted by atomic mass is 35.5. The summed E-state index contributed by atoms with van der Waals surface area (Å²) in [6, 6.07) is 2.93. The van der Waals surface area contributed by atoms with Crippen LogP contribution in [0.15, 0.2) is 18.2 Å². The molecule has 1 aliphatic heterocycles. The molecule has 1 fully saturated rings. The number of carbonyl (C=O) groups is 1. The van der Waals surface area contributed by atoms with Gasteiger partial charge in [0.15, 0.2) is 0 Å². The normalized spacial score (nSPS) is 21.2. The van der Waals surface area contributed by atoms with E-state index >= 15 is 0 Å². The number of nitrogens with one attached hydrogen (secondary N) is 1. The maximum absolute atomic E-state index is 13.0. The zero-order valence-electron chi connectivity index (χ0n) is 12.3. The number of nitrogens with zero attached hydrogens (tertiary/aromatic N) is 1. The van der Waals surface area contributed by atoms with Crippen molar-refractivity contribution in [1.82, 2.24) is 9.62 Å². The van der Waals surface area contributed by atoms with Crippen LogP contribution >= 0.6 is 11.6 Å². The van der Waals surface area contributed by atoms with E-state index in [1.165, 1.54) is 22.5 Å². The number of halogens is 2. The molecule has 1 aromatic rings. The van der Waals surface area contributed by atoms with Crippen LogP contribution in [0.3, 0.4) is 0 Å². The van der Waals surface area contributed by atoms with Gasteiger partial charge in [-0.25, -0.2) is 12.8 Å². The lowest BCUT2D eigenvalue weighted by atomic mass is 10.1. The lowest BCUT2D eigenvalue weighted by Gasteiger charge is -2.25. The second-order valence-electron chi connectivity index (χ2n) is 5.50. The van der Waals surface area contributed by atoms with Crippen molar-refractivity contribution in [2.24, 2.45) is 0 Å². The highest BCUT2D eigenvalue weighted by Gasteiger charge is 2.42. The van der Waals surface area contributed by atoms with Gasteiger partial charge in [-0.3, -0.25) is 4.79 Å². The minimum Gasteiger partial charge on any atom is -0.351 e. The Labute approximate surface area is 134 Å². The van der Waals surface area contributed by atoms with Crippen molar-refractivity contribution in [1.29, 1.82) is 0 Å². The first kappa shape index (κ1) is 17.2. The SMILES string of the molecule is CC(C)N1[C@H](C(=O)NCc2ccc(F)cc2Cl)CCS1(=O)=O. The summed E-state index contributed by atoms with van der Waals surface area (Å²) < 4.78 is 38.2. The average Bonchev–Trinajstić information content (AvgIpc) is 2.73. The minimum absolute atomic E-state index is 0.0272. The van der Waals surface area contributed by atoms with Gasteiger partial charge in [-0.15, -0.1) is 0 Å². The Morgan fingerprint density at radius 2 is 2.18 bits per heavy atom. The van der Waals surface area contributed by atoms with E-state index < -0.39 is 21.9 Å². The van der Waals surface area contributed by atoms with E-state index in [4.69, 9.17) is 11.6 Å². The minimum atomic E-state index is -3.38. The maximum Gasteiger partial charge on any atom is 0.238 e. The molecule has 8 heteroatoms. The number of amides is 1. The summed E-state index contributed by atoms with van der Waals surface area (Å²) in [7, 11) is -3.38. The molecule has 0 unspecified atom stereocenters. The number of benzene rings is 1. The fourth-order valence-electron chi connectivity index (χ4n) is 2.58. The molecule has 1 heterocycles. The molecule has 2 rings (SSSR count). The van der Waals surface area contributed by atoms with Gasteiger partial charge in [0.05, 0.1) is 5.75 Å². The maximum atomic E-state index is 13.0. The first-order valence-electron chi connectivity index (χ1n) is 6.95. The summed E-state index contributed by atoms with van der Waals surface area (Å²) in [5.74, 6) is -0.844. The molecule has 0 radical (unpaired) electrons. The Kier molecular flexibility index (Phi) is 5.09. The molecule has 0 spiro atoms. The van der Waals surface area contributed by atoms with E-state index in [9.17, 15) is 17.6 Å². The molecule has 0 aliphatic carbocycles. The third-order valence-electron chi connectivity index (χ3n) is 3.56. The Hall–Kier alpha value is -1.18. The largest absolute Gasteiger partial charge is 0.351 e. The molecule has 1 amide bonds. The summed E-state index contributed by atoms with van der Waals surface area (Å²) in [6.45, 7) is 3.60. The highest BCUT2D eigenvalue weighted by Crippen LogP contribution is 2.24. The van der Waals surface area contributed by atoms with Gasteiger partial charge in [0, 0.05) is 17.6 Å². The molecular formula is C14H18ClFN2O3S. The van der Waals surface area contributed by atoms with Crippen molar-refractivity contribution in [3.63, 3.8) is 0 Å². The van der Waals surface area contributed by atoms with Crippen molar-refractivity contribution in [2.45, 2.75) is 38.9 Å². The summed E-state index contributed by atoms with van der Waals surface area (Å²) in [5.41, 5.74) is 0.577. The van der Waals surface area contributed by atoms with Crippen LogP contribution in [0.25, 0.3) is 0 Å². The smallest absolute Gasteiger partial charge is 0.238 e. The van der Waals surface area contributed by atoms with Gasteiger partial charge in [-0.1, -0.05) is 17.7 Å². The van der Waals surface area contributed by atoms with E-state index in [1.54, 1.807) is 13.8 Å². The summed E-state index contributed by atoms with van der Waals surface area (Å²) in [4.78, 5) is 12.3. The Morgan fingerprint density at radius 1 is 1.50 bits per heavy atom. The van der Waals surface area contributed by atoms with Crippen molar-refractivity contribution < 1.29 is 17.6 Å². The van der Waals surface area contributed by atoms with Crippen LogP contribution in [-0.4, -0.2) is 36.5 Å². The standard InChI is InChI=1S/C14H18ClFN2O3S/c1-9(2)18-13(5-6-22(18,20)21)14(19)17-8-10-3-4-11(16)7-12(10)15/h3-4,7,9,13H,5-6,8H2,1-2H3,(H,17,19)/t13-/m0/s1. The van der Waals surface area contributed by atoms with Gasteiger partial charge < -0.3 is 5.32 Å². The number of sulfonamides is 1. The molecule has 1 saturated heterocycles. The number of hydrogen-bond donors (Lipinski definition) is 1. The van der Waals surface area contributed by atoms with Crippen LogP contribution in [-0.2, 0) is 21.4 Å². The molecule has 0 bridgehead atoms. The van der Waals surface area contributed by atoms with Gasteiger partial charge >= 0.3 is 0 Å². The zero-order valence-corrected chi connectivity index (χ0v) is 13.9. The molecule has 22 heavy (non-hydrogen) atoms. The Morgan fingerprint density at radius 3 is 2.77 bits per heavy atom. The van der Waals surface area contributed by atoms with Crippen LogP contribution in [0, 0.1) is 5.82 Å². The molecule has 122 valence electrons. The van der Waals surface area contributed by atoms with Crippen molar-refractivity contribution in [3.05, 3.63) is 34.6 Å². The second kappa shape index (κ2) is 6.52. The molecule has 1 atom stereocenters. The zero-order chi connectivity index (χ0) is 16.5. The topological polar surface area (TPSA) is 66.5 Å². The van der Waals surface area contributed by atoms with E-state index in [-0.39, 0.29) is 35.7 Å². The van der Waals surface area contributed by atoms with E-state index in [1.807, 2.05) is 0 Å². The van der Waals surface area contributed by atoms with Crippen LogP contribution < -0.4 is 5.32 Å². The van der Waals surface area contributed by atoms with Gasteiger partial charge in [0.2, 0.25) is 15.9 Å². The van der Waals surface area contributed by atoms with E-state index in [0.717, 1.165) is 0 Å². The third kappa shape index (κ3) is 3.59. The fraction of sp³-hybridized carbons (Fsp3) is 0.500. The van der Waals surface area contributed by atoms with Gasteiger partial charge in [0.1, 0.15) is 11.9 Å². The number of carbonyl (C=O) groups excluding carboxylic acids is 1. The average molecular weight is 349 g/mol.